The number of hydrogen-bond acceptors (Lipinski definition) is 2. The molecule has 3 heteroatoms. The highest BCUT2D eigenvalue weighted by Gasteiger charge is 2.02. The Morgan fingerprint density at radius 3 is 2.61 bits per heavy atom. The Hall–Kier alpha value is -2.06. The first-order chi connectivity index (χ1) is 8.83. The number of aromatic nitrogens is 1. The van der Waals surface area contributed by atoms with Crippen LogP contribution in [0.1, 0.15) is 0 Å². The molecule has 0 aliphatic heterocycles. The van der Waals surface area contributed by atoms with Gasteiger partial charge in [0.1, 0.15) is 5.15 Å². The SMILES string of the molecule is Clc1cc2c(Nc3ccccc3)cccc2cn1. The number of nitrogens with zero attached hydrogens (tertiary/aromatic N) is 1. The van der Waals surface area contributed by atoms with Gasteiger partial charge in [-0.15, -0.1) is 0 Å². The van der Waals surface area contributed by atoms with Crippen LogP contribution in [0.5, 0.6) is 0 Å². The molecular formula is C15H11ClN2. The number of anilines is 2. The number of halogens is 1. The maximum Gasteiger partial charge on any atom is 0.129 e. The van der Waals surface area contributed by atoms with Gasteiger partial charge >= 0.3 is 0 Å². The summed E-state index contributed by atoms with van der Waals surface area (Å²) in [6.45, 7) is 0. The van der Waals surface area contributed by atoms with Crippen molar-refractivity contribution in [3.05, 3.63) is 65.9 Å². The molecule has 0 spiro atoms. The Morgan fingerprint density at radius 2 is 1.78 bits per heavy atom. The molecule has 3 rings (SSSR count). The third-order valence-electron chi connectivity index (χ3n) is 2.78. The predicted octanol–water partition coefficient (Wildman–Crippen LogP) is 4.63. The molecule has 0 saturated carbocycles. The van der Waals surface area contributed by atoms with Gasteiger partial charge in [-0.25, -0.2) is 4.98 Å². The maximum atomic E-state index is 5.95. The number of benzene rings is 2. The minimum atomic E-state index is 0.504. The first-order valence-electron chi connectivity index (χ1n) is 5.69. The Labute approximate surface area is 110 Å². The molecule has 1 N–H and O–H groups in total. The van der Waals surface area contributed by atoms with E-state index in [1.54, 1.807) is 6.20 Å². The number of nitrogens with one attached hydrogen (secondary N) is 1. The van der Waals surface area contributed by atoms with E-state index in [1.165, 1.54) is 0 Å². The summed E-state index contributed by atoms with van der Waals surface area (Å²) in [5.41, 5.74) is 2.08. The second-order valence-electron chi connectivity index (χ2n) is 4.02. The standard InChI is InChI=1S/C15H11ClN2/c16-15-9-13-11(10-17-15)5-4-8-14(13)18-12-6-2-1-3-7-12/h1-10,18H. The van der Waals surface area contributed by atoms with Crippen LogP contribution >= 0.6 is 11.6 Å². The molecule has 0 amide bonds. The molecule has 2 nitrogen and oxygen atoms in total. The van der Waals surface area contributed by atoms with Crippen LogP contribution in [0, 0.1) is 0 Å². The number of para-hydroxylation sites is 1. The van der Waals surface area contributed by atoms with Gasteiger partial charge in [-0.05, 0) is 24.3 Å². The van der Waals surface area contributed by atoms with E-state index in [9.17, 15) is 0 Å². The Balaban J connectivity index is 2.09. The normalized spacial score (nSPS) is 10.5. The highest BCUT2D eigenvalue weighted by Crippen LogP contribution is 2.27. The second-order valence-corrected chi connectivity index (χ2v) is 4.41. The highest BCUT2D eigenvalue weighted by molar-refractivity contribution is 6.30. The molecule has 2 aromatic carbocycles. The molecule has 0 aliphatic rings. The lowest BCUT2D eigenvalue weighted by Gasteiger charge is -2.09. The van der Waals surface area contributed by atoms with Gasteiger partial charge in [0.15, 0.2) is 0 Å². The van der Waals surface area contributed by atoms with Crippen molar-refractivity contribution < 1.29 is 0 Å². The smallest absolute Gasteiger partial charge is 0.129 e. The second kappa shape index (κ2) is 4.67. The van der Waals surface area contributed by atoms with E-state index in [0.717, 1.165) is 22.1 Å². The quantitative estimate of drug-likeness (QED) is 0.675. The topological polar surface area (TPSA) is 24.9 Å². The number of rotatable bonds is 2. The Morgan fingerprint density at radius 1 is 0.944 bits per heavy atom. The lowest BCUT2D eigenvalue weighted by atomic mass is 10.1. The van der Waals surface area contributed by atoms with E-state index < -0.39 is 0 Å². The van der Waals surface area contributed by atoms with Gasteiger partial charge in [-0.3, -0.25) is 0 Å². The molecule has 0 aliphatic carbocycles. The zero-order valence-electron chi connectivity index (χ0n) is 9.60. The van der Waals surface area contributed by atoms with E-state index in [1.807, 2.05) is 54.6 Å². The van der Waals surface area contributed by atoms with Crippen LogP contribution in [0.25, 0.3) is 10.8 Å². The van der Waals surface area contributed by atoms with E-state index >= 15 is 0 Å². The van der Waals surface area contributed by atoms with Crippen LogP contribution in [0.15, 0.2) is 60.8 Å². The summed E-state index contributed by atoms with van der Waals surface area (Å²) in [7, 11) is 0. The van der Waals surface area contributed by atoms with Gasteiger partial charge in [-0.1, -0.05) is 41.9 Å². The van der Waals surface area contributed by atoms with E-state index in [-0.39, 0.29) is 0 Å². The molecule has 3 aromatic rings. The molecule has 88 valence electrons. The van der Waals surface area contributed by atoms with Crippen LogP contribution < -0.4 is 5.32 Å². The number of hydrogen-bond donors (Lipinski definition) is 1. The molecule has 1 aromatic heterocycles. The van der Waals surface area contributed by atoms with Crippen LogP contribution in [0.4, 0.5) is 11.4 Å². The van der Waals surface area contributed by atoms with Crippen molar-refractivity contribution in [3.8, 4) is 0 Å². The van der Waals surface area contributed by atoms with Gasteiger partial charge in [-0.2, -0.15) is 0 Å². The van der Waals surface area contributed by atoms with Crippen LogP contribution in [-0.4, -0.2) is 4.98 Å². The molecular weight excluding hydrogens is 244 g/mol. The summed E-state index contributed by atoms with van der Waals surface area (Å²) in [5.74, 6) is 0. The molecule has 0 saturated heterocycles. The van der Waals surface area contributed by atoms with E-state index in [4.69, 9.17) is 11.6 Å². The molecule has 0 atom stereocenters. The van der Waals surface area contributed by atoms with Crippen molar-refractivity contribution in [2.45, 2.75) is 0 Å². The molecule has 1 heterocycles. The third-order valence-corrected chi connectivity index (χ3v) is 2.99. The van der Waals surface area contributed by atoms with Gasteiger partial charge in [0.05, 0.1) is 0 Å². The van der Waals surface area contributed by atoms with Crippen molar-refractivity contribution in [1.82, 2.24) is 4.98 Å². The molecule has 0 unspecified atom stereocenters. The Bertz CT molecular complexity index is 680. The zero-order valence-corrected chi connectivity index (χ0v) is 10.4. The fraction of sp³-hybridized carbons (Fsp3) is 0. The first-order valence-corrected chi connectivity index (χ1v) is 6.07. The Kier molecular flexibility index (Phi) is 2.87. The summed E-state index contributed by atoms with van der Waals surface area (Å²) >= 11 is 5.95. The molecule has 18 heavy (non-hydrogen) atoms. The lowest BCUT2D eigenvalue weighted by Crippen LogP contribution is -1.91. The monoisotopic (exact) mass is 254 g/mol. The minimum absolute atomic E-state index is 0.504. The van der Waals surface area contributed by atoms with E-state index in [0.29, 0.717) is 5.15 Å². The van der Waals surface area contributed by atoms with Crippen molar-refractivity contribution >= 4 is 33.7 Å². The predicted molar refractivity (Wildman–Crippen MR) is 76.5 cm³/mol. The summed E-state index contributed by atoms with van der Waals surface area (Å²) in [5, 5.41) is 6.03. The van der Waals surface area contributed by atoms with Crippen molar-refractivity contribution in [2.75, 3.05) is 5.32 Å². The third kappa shape index (κ3) is 2.15. The van der Waals surface area contributed by atoms with Gasteiger partial charge < -0.3 is 5.32 Å². The summed E-state index contributed by atoms with van der Waals surface area (Å²) in [6.07, 6.45) is 1.79. The minimum Gasteiger partial charge on any atom is -0.355 e. The van der Waals surface area contributed by atoms with Crippen molar-refractivity contribution in [2.24, 2.45) is 0 Å². The molecule has 0 fully saturated rings. The van der Waals surface area contributed by atoms with Gasteiger partial charge in [0, 0.05) is 28.3 Å². The number of fused-ring (bicyclic) bond motifs is 1. The first kappa shape index (κ1) is 11.1. The lowest BCUT2D eigenvalue weighted by molar-refractivity contribution is 1.36. The molecule has 0 radical (unpaired) electrons. The van der Waals surface area contributed by atoms with Crippen molar-refractivity contribution in [3.63, 3.8) is 0 Å². The molecule has 0 bridgehead atoms. The van der Waals surface area contributed by atoms with E-state index in [2.05, 4.69) is 10.3 Å². The van der Waals surface area contributed by atoms with Crippen LogP contribution in [0.2, 0.25) is 5.15 Å². The summed E-state index contributed by atoms with van der Waals surface area (Å²) in [4.78, 5) is 4.09. The average Bonchev–Trinajstić information content (AvgIpc) is 2.41. The fourth-order valence-corrected chi connectivity index (χ4v) is 2.09. The van der Waals surface area contributed by atoms with Gasteiger partial charge in [0.2, 0.25) is 0 Å². The van der Waals surface area contributed by atoms with Crippen molar-refractivity contribution in [1.29, 1.82) is 0 Å². The van der Waals surface area contributed by atoms with Gasteiger partial charge in [0.25, 0.3) is 0 Å². The fourth-order valence-electron chi connectivity index (χ4n) is 1.93. The summed E-state index contributed by atoms with van der Waals surface area (Å²) in [6, 6.07) is 18.0. The van der Waals surface area contributed by atoms with Crippen LogP contribution in [0.3, 0.4) is 0 Å². The highest BCUT2D eigenvalue weighted by atomic mass is 35.5. The number of pyridine rings is 1. The summed E-state index contributed by atoms with van der Waals surface area (Å²) < 4.78 is 0. The average molecular weight is 255 g/mol. The van der Waals surface area contributed by atoms with Crippen LogP contribution in [-0.2, 0) is 0 Å². The zero-order chi connectivity index (χ0) is 12.4. The maximum absolute atomic E-state index is 5.95. The largest absolute Gasteiger partial charge is 0.355 e.